The van der Waals surface area contributed by atoms with Crippen molar-refractivity contribution >= 4 is 27.5 Å². The van der Waals surface area contributed by atoms with E-state index in [1.54, 1.807) is 11.8 Å². The highest BCUT2D eigenvalue weighted by atomic mass is 32.2. The van der Waals surface area contributed by atoms with Gasteiger partial charge in [0.15, 0.2) is 0 Å². The van der Waals surface area contributed by atoms with Crippen molar-refractivity contribution < 1.29 is 13.3 Å². The van der Waals surface area contributed by atoms with Crippen LogP contribution in [0.4, 0.5) is 5.69 Å². The van der Waals surface area contributed by atoms with E-state index in [2.05, 4.69) is 6.92 Å². The van der Waals surface area contributed by atoms with Crippen LogP contribution >= 0.6 is 11.8 Å². The number of nitro groups is 1. The van der Waals surface area contributed by atoms with Crippen molar-refractivity contribution in [3.63, 3.8) is 0 Å². The number of sulfonamides is 1. The number of hydrogen-bond donors (Lipinski definition) is 0. The zero-order chi connectivity index (χ0) is 15.5. The maximum Gasteiger partial charge on any atom is 0.269 e. The van der Waals surface area contributed by atoms with Crippen molar-refractivity contribution in [2.45, 2.75) is 24.3 Å². The van der Waals surface area contributed by atoms with Crippen LogP contribution in [0.3, 0.4) is 0 Å². The predicted octanol–water partition coefficient (Wildman–Crippen LogP) is 2.25. The first-order valence-corrected chi connectivity index (χ1v) is 9.37. The summed E-state index contributed by atoms with van der Waals surface area (Å²) >= 11 is 1.79. The van der Waals surface area contributed by atoms with E-state index in [0.29, 0.717) is 23.9 Å². The third kappa shape index (κ3) is 4.42. The highest BCUT2D eigenvalue weighted by Gasteiger charge is 2.25. The predicted molar refractivity (Wildman–Crippen MR) is 83.8 cm³/mol. The number of hydrogen-bond acceptors (Lipinski definition) is 5. The SMILES string of the molecule is C[C@H]1CCN(S(=O)(=O)Cc2ccc([N+](=O)[O-])cc2)CCS1. The monoisotopic (exact) mass is 330 g/mol. The van der Waals surface area contributed by atoms with Gasteiger partial charge >= 0.3 is 0 Å². The first-order valence-electron chi connectivity index (χ1n) is 6.71. The lowest BCUT2D eigenvalue weighted by Gasteiger charge is -2.19. The molecule has 1 aliphatic rings. The molecule has 1 aliphatic heterocycles. The van der Waals surface area contributed by atoms with Gasteiger partial charge in [-0.25, -0.2) is 12.7 Å². The van der Waals surface area contributed by atoms with Crippen molar-refractivity contribution in [3.05, 3.63) is 39.9 Å². The summed E-state index contributed by atoms with van der Waals surface area (Å²) in [5.74, 6) is 0.699. The highest BCUT2D eigenvalue weighted by Crippen LogP contribution is 2.22. The molecule has 0 amide bonds. The molecule has 0 radical (unpaired) electrons. The molecular formula is C13H18N2O4S2. The lowest BCUT2D eigenvalue weighted by molar-refractivity contribution is -0.384. The number of thioether (sulfide) groups is 1. The maximum absolute atomic E-state index is 12.4. The van der Waals surface area contributed by atoms with Gasteiger partial charge in [-0.15, -0.1) is 0 Å². The second-order valence-corrected chi connectivity index (χ2v) is 8.56. The quantitative estimate of drug-likeness (QED) is 0.625. The van der Waals surface area contributed by atoms with Crippen LogP contribution in [0.1, 0.15) is 18.9 Å². The van der Waals surface area contributed by atoms with E-state index in [4.69, 9.17) is 0 Å². The van der Waals surface area contributed by atoms with Crippen LogP contribution in [0.25, 0.3) is 0 Å². The molecule has 1 heterocycles. The first kappa shape index (κ1) is 16.3. The molecular weight excluding hydrogens is 312 g/mol. The molecule has 0 N–H and O–H groups in total. The number of nitro benzene ring substituents is 1. The summed E-state index contributed by atoms with van der Waals surface area (Å²) in [6.45, 7) is 3.19. The third-order valence-corrected chi connectivity index (χ3v) is 6.49. The minimum Gasteiger partial charge on any atom is -0.258 e. The number of nitrogens with zero attached hydrogens (tertiary/aromatic N) is 2. The molecule has 0 aromatic heterocycles. The molecule has 0 bridgehead atoms. The van der Waals surface area contributed by atoms with Gasteiger partial charge in [0.05, 0.1) is 10.7 Å². The Kier molecular flexibility index (Phi) is 5.23. The zero-order valence-electron chi connectivity index (χ0n) is 11.8. The van der Waals surface area contributed by atoms with E-state index in [0.717, 1.165) is 12.2 Å². The summed E-state index contributed by atoms with van der Waals surface area (Å²) in [6.07, 6.45) is 0.851. The Hall–Kier alpha value is -1.12. The number of non-ortho nitro benzene ring substituents is 1. The zero-order valence-corrected chi connectivity index (χ0v) is 13.4. The first-order chi connectivity index (χ1) is 9.88. The Morgan fingerprint density at radius 1 is 1.33 bits per heavy atom. The van der Waals surface area contributed by atoms with Gasteiger partial charge in [-0.3, -0.25) is 10.1 Å². The van der Waals surface area contributed by atoms with Crippen LogP contribution < -0.4 is 0 Å². The van der Waals surface area contributed by atoms with E-state index in [-0.39, 0.29) is 11.4 Å². The third-order valence-electron chi connectivity index (χ3n) is 3.42. The Bertz CT molecular complexity index is 601. The van der Waals surface area contributed by atoms with Crippen LogP contribution in [-0.2, 0) is 15.8 Å². The van der Waals surface area contributed by atoms with Crippen LogP contribution in [0.2, 0.25) is 0 Å². The topological polar surface area (TPSA) is 80.5 Å². The molecule has 21 heavy (non-hydrogen) atoms. The van der Waals surface area contributed by atoms with Gasteiger partial charge in [-0.1, -0.05) is 19.1 Å². The Morgan fingerprint density at radius 3 is 2.62 bits per heavy atom. The molecule has 6 nitrogen and oxygen atoms in total. The lowest BCUT2D eigenvalue weighted by atomic mass is 10.2. The fourth-order valence-electron chi connectivity index (χ4n) is 2.17. The molecule has 1 aromatic carbocycles. The van der Waals surface area contributed by atoms with Crippen LogP contribution in [0.15, 0.2) is 24.3 Å². The van der Waals surface area contributed by atoms with Crippen molar-refractivity contribution in [2.24, 2.45) is 0 Å². The fraction of sp³-hybridized carbons (Fsp3) is 0.538. The molecule has 0 saturated carbocycles. The number of rotatable bonds is 4. The van der Waals surface area contributed by atoms with Crippen LogP contribution in [-0.4, -0.2) is 41.7 Å². The van der Waals surface area contributed by atoms with E-state index in [1.807, 2.05) is 0 Å². The number of benzene rings is 1. The van der Waals surface area contributed by atoms with Gasteiger partial charge in [-0.05, 0) is 12.0 Å². The second-order valence-electron chi connectivity index (χ2n) is 5.05. The summed E-state index contributed by atoms with van der Waals surface area (Å²) in [5, 5.41) is 11.1. The molecule has 0 aliphatic carbocycles. The van der Waals surface area contributed by atoms with Gasteiger partial charge in [-0.2, -0.15) is 11.8 Å². The largest absolute Gasteiger partial charge is 0.269 e. The molecule has 1 atom stereocenters. The summed E-state index contributed by atoms with van der Waals surface area (Å²) in [6, 6.07) is 5.69. The molecule has 116 valence electrons. The molecule has 1 saturated heterocycles. The Morgan fingerprint density at radius 2 is 2.00 bits per heavy atom. The maximum atomic E-state index is 12.4. The fourth-order valence-corrected chi connectivity index (χ4v) is 4.84. The van der Waals surface area contributed by atoms with E-state index in [1.165, 1.54) is 28.6 Å². The molecule has 1 aromatic rings. The molecule has 0 unspecified atom stereocenters. The summed E-state index contributed by atoms with van der Waals surface area (Å²) < 4.78 is 26.4. The van der Waals surface area contributed by atoms with Gasteiger partial charge < -0.3 is 0 Å². The summed E-state index contributed by atoms with van der Waals surface area (Å²) in [5.41, 5.74) is 0.543. The summed E-state index contributed by atoms with van der Waals surface area (Å²) in [4.78, 5) is 10.1. The van der Waals surface area contributed by atoms with Gasteiger partial charge in [0.2, 0.25) is 10.0 Å². The van der Waals surface area contributed by atoms with E-state index >= 15 is 0 Å². The lowest BCUT2D eigenvalue weighted by Crippen LogP contribution is -2.34. The molecule has 2 rings (SSSR count). The van der Waals surface area contributed by atoms with Crippen molar-refractivity contribution in [2.75, 3.05) is 18.8 Å². The summed E-state index contributed by atoms with van der Waals surface area (Å²) in [7, 11) is -3.37. The van der Waals surface area contributed by atoms with Crippen molar-refractivity contribution in [1.82, 2.24) is 4.31 Å². The van der Waals surface area contributed by atoms with Gasteiger partial charge in [0.25, 0.3) is 5.69 Å². The molecule has 0 spiro atoms. The second kappa shape index (κ2) is 6.76. The highest BCUT2D eigenvalue weighted by molar-refractivity contribution is 7.99. The minimum atomic E-state index is -3.37. The standard InChI is InChI=1S/C13H18N2O4S2/c1-11-6-7-14(8-9-20-11)21(18,19)10-12-2-4-13(5-3-12)15(16)17/h2-5,11H,6-10H2,1H3/t11-/m0/s1. The Labute approximate surface area is 128 Å². The van der Waals surface area contributed by atoms with E-state index in [9.17, 15) is 18.5 Å². The average molecular weight is 330 g/mol. The molecule has 8 heteroatoms. The smallest absolute Gasteiger partial charge is 0.258 e. The van der Waals surface area contributed by atoms with Crippen molar-refractivity contribution in [1.29, 1.82) is 0 Å². The Balaban J connectivity index is 2.07. The molecule has 1 fully saturated rings. The normalized spacial score (nSPS) is 20.9. The van der Waals surface area contributed by atoms with Crippen LogP contribution in [0, 0.1) is 10.1 Å². The van der Waals surface area contributed by atoms with Crippen molar-refractivity contribution in [3.8, 4) is 0 Å². The minimum absolute atomic E-state index is 0.0313. The van der Waals surface area contributed by atoms with E-state index < -0.39 is 14.9 Å². The average Bonchev–Trinajstić information content (AvgIpc) is 2.64. The van der Waals surface area contributed by atoms with Gasteiger partial charge in [0, 0.05) is 36.2 Å². The van der Waals surface area contributed by atoms with Crippen LogP contribution in [0.5, 0.6) is 0 Å². The van der Waals surface area contributed by atoms with Gasteiger partial charge in [0.1, 0.15) is 0 Å².